The lowest BCUT2D eigenvalue weighted by Gasteiger charge is -2.36. The highest BCUT2D eigenvalue weighted by Crippen LogP contribution is 2.26. The van der Waals surface area contributed by atoms with E-state index in [1.165, 1.54) is 6.20 Å². The molecule has 3 heterocycles. The number of anilines is 1. The summed E-state index contributed by atoms with van der Waals surface area (Å²) < 4.78 is 27.9. The molecule has 0 bridgehead atoms. The van der Waals surface area contributed by atoms with Crippen molar-refractivity contribution in [3.63, 3.8) is 0 Å². The molecule has 2 aromatic heterocycles. The second-order valence-electron chi connectivity index (χ2n) is 9.06. The Morgan fingerprint density at radius 2 is 1.89 bits per heavy atom. The van der Waals surface area contributed by atoms with Gasteiger partial charge in [-0.25, -0.2) is 13.8 Å². The lowest BCUT2D eigenvalue weighted by atomic mass is 9.99. The quantitative estimate of drug-likeness (QED) is 0.306. The van der Waals surface area contributed by atoms with Crippen molar-refractivity contribution in [3.8, 4) is 0 Å². The third-order valence-corrected chi connectivity index (χ3v) is 6.71. The summed E-state index contributed by atoms with van der Waals surface area (Å²) in [6.07, 6.45) is 2.94. The number of rotatable bonds is 8. The zero-order valence-electron chi connectivity index (χ0n) is 20.4. The molecule has 0 unspecified atom stereocenters. The number of nitrogens with two attached hydrogens (primary N) is 1. The van der Waals surface area contributed by atoms with Crippen LogP contribution in [0.3, 0.4) is 0 Å². The minimum atomic E-state index is -0.902. The number of allylic oxidation sites excluding steroid dienone is 1. The Hall–Kier alpha value is -3.14. The van der Waals surface area contributed by atoms with E-state index in [0.29, 0.717) is 28.8 Å². The van der Waals surface area contributed by atoms with E-state index in [1.54, 1.807) is 18.3 Å². The lowest BCUT2D eigenvalue weighted by molar-refractivity contribution is 0.111. The maximum atomic E-state index is 14.4. The molecule has 3 aromatic rings. The first-order chi connectivity index (χ1) is 17.3. The van der Waals surface area contributed by atoms with Gasteiger partial charge in [0.15, 0.2) is 0 Å². The van der Waals surface area contributed by atoms with Crippen LogP contribution in [0.1, 0.15) is 25.1 Å². The van der Waals surface area contributed by atoms with Gasteiger partial charge in [-0.2, -0.15) is 0 Å². The molecule has 1 aliphatic heterocycles. The number of benzene rings is 1. The Morgan fingerprint density at radius 1 is 1.14 bits per heavy atom. The Morgan fingerprint density at radius 3 is 2.58 bits per heavy atom. The minimum Gasteiger partial charge on any atom is -0.404 e. The number of hydrogen-bond donors (Lipinski definition) is 3. The van der Waals surface area contributed by atoms with Crippen LogP contribution in [0.15, 0.2) is 42.7 Å². The fraction of sp³-hybridized carbons (Fsp3) is 0.346. The van der Waals surface area contributed by atoms with Gasteiger partial charge in [0, 0.05) is 68.7 Å². The fourth-order valence-electron chi connectivity index (χ4n) is 4.27. The van der Waals surface area contributed by atoms with Crippen molar-refractivity contribution in [2.75, 3.05) is 44.6 Å². The van der Waals surface area contributed by atoms with Gasteiger partial charge in [-0.3, -0.25) is 20.2 Å². The highest BCUT2D eigenvalue weighted by Gasteiger charge is 2.19. The Labute approximate surface area is 214 Å². The second kappa shape index (κ2) is 11.3. The molecule has 1 fully saturated rings. The van der Waals surface area contributed by atoms with Gasteiger partial charge in [0.25, 0.3) is 0 Å². The standard InChI is InChI=1S/C26H30ClF2N7/c1-16(2)36-9-7-35(8-10-36)6-5-32-17-11-25-24(33-15-17)4-3-23(34-25)19(14-30)26(31)18-12-20(27)22(29)13-21(18)28/h3-4,11-16,31-32H,5-10,30H2,1-2H3/b19-14-,31-26?. The van der Waals surface area contributed by atoms with Crippen LogP contribution < -0.4 is 11.1 Å². The lowest BCUT2D eigenvalue weighted by Crippen LogP contribution is -2.49. The first-order valence-corrected chi connectivity index (χ1v) is 12.3. The summed E-state index contributed by atoms with van der Waals surface area (Å²) in [4.78, 5) is 14.0. The van der Waals surface area contributed by atoms with Crippen LogP contribution in [0.4, 0.5) is 14.5 Å². The van der Waals surface area contributed by atoms with Gasteiger partial charge in [-0.15, -0.1) is 0 Å². The van der Waals surface area contributed by atoms with Crippen LogP contribution in [0, 0.1) is 17.0 Å². The predicted molar refractivity (Wildman–Crippen MR) is 142 cm³/mol. The van der Waals surface area contributed by atoms with Crippen molar-refractivity contribution >= 4 is 39.6 Å². The smallest absolute Gasteiger partial charge is 0.144 e. The molecule has 0 amide bonds. The van der Waals surface area contributed by atoms with Gasteiger partial charge < -0.3 is 11.1 Å². The van der Waals surface area contributed by atoms with E-state index in [0.717, 1.165) is 51.0 Å². The third kappa shape index (κ3) is 5.80. The summed E-state index contributed by atoms with van der Waals surface area (Å²) in [5.41, 5.74) is 8.05. The molecule has 4 N–H and O–H groups in total. The molecule has 0 saturated carbocycles. The van der Waals surface area contributed by atoms with Gasteiger partial charge in [-0.1, -0.05) is 11.6 Å². The van der Waals surface area contributed by atoms with E-state index in [2.05, 4.69) is 38.9 Å². The van der Waals surface area contributed by atoms with Crippen molar-refractivity contribution in [1.82, 2.24) is 19.8 Å². The molecular formula is C26H30ClF2N7. The molecule has 10 heteroatoms. The molecule has 1 aromatic carbocycles. The van der Waals surface area contributed by atoms with E-state index >= 15 is 0 Å². The molecule has 36 heavy (non-hydrogen) atoms. The average Bonchev–Trinajstić information content (AvgIpc) is 2.86. The van der Waals surface area contributed by atoms with Gasteiger partial charge in [0.1, 0.15) is 11.6 Å². The zero-order chi connectivity index (χ0) is 25.8. The van der Waals surface area contributed by atoms with Crippen molar-refractivity contribution in [2.45, 2.75) is 19.9 Å². The van der Waals surface area contributed by atoms with E-state index < -0.39 is 11.6 Å². The Bertz CT molecular complexity index is 1290. The summed E-state index contributed by atoms with van der Waals surface area (Å²) in [6, 6.07) is 7.62. The number of nitrogens with one attached hydrogen (secondary N) is 2. The highest BCUT2D eigenvalue weighted by molar-refractivity contribution is 6.33. The topological polar surface area (TPSA) is 94.2 Å². The summed E-state index contributed by atoms with van der Waals surface area (Å²) in [5.74, 6) is -1.79. The molecular weight excluding hydrogens is 484 g/mol. The molecule has 190 valence electrons. The van der Waals surface area contributed by atoms with Crippen LogP contribution in [0.25, 0.3) is 16.6 Å². The Kier molecular flexibility index (Phi) is 8.13. The SMILES string of the molecule is CC(C)N1CCN(CCNc2cnc3ccc(/C(=C/N)C(=N)c4cc(Cl)c(F)cc4F)nc3c2)CC1. The molecule has 7 nitrogen and oxygen atoms in total. The van der Waals surface area contributed by atoms with Crippen molar-refractivity contribution in [1.29, 1.82) is 5.41 Å². The van der Waals surface area contributed by atoms with Gasteiger partial charge >= 0.3 is 0 Å². The van der Waals surface area contributed by atoms with E-state index in [1.807, 2.05) is 6.07 Å². The summed E-state index contributed by atoms with van der Waals surface area (Å²) >= 11 is 5.80. The molecule has 4 rings (SSSR count). The molecule has 1 aliphatic rings. The monoisotopic (exact) mass is 513 g/mol. The summed E-state index contributed by atoms with van der Waals surface area (Å²) in [6.45, 7) is 10.5. The second-order valence-corrected chi connectivity index (χ2v) is 9.47. The van der Waals surface area contributed by atoms with Crippen LogP contribution in [0.2, 0.25) is 5.02 Å². The first-order valence-electron chi connectivity index (χ1n) is 11.9. The van der Waals surface area contributed by atoms with Crippen LogP contribution in [0.5, 0.6) is 0 Å². The number of aromatic nitrogens is 2. The minimum absolute atomic E-state index is 0.164. The maximum absolute atomic E-state index is 14.4. The number of halogens is 3. The van der Waals surface area contributed by atoms with E-state index in [9.17, 15) is 8.78 Å². The normalized spacial score (nSPS) is 15.6. The molecule has 1 saturated heterocycles. The Balaban J connectivity index is 1.46. The highest BCUT2D eigenvalue weighted by atomic mass is 35.5. The van der Waals surface area contributed by atoms with Gasteiger partial charge in [-0.05, 0) is 38.1 Å². The first kappa shape index (κ1) is 25.9. The van der Waals surface area contributed by atoms with Crippen molar-refractivity contribution < 1.29 is 8.78 Å². The fourth-order valence-corrected chi connectivity index (χ4v) is 4.43. The maximum Gasteiger partial charge on any atom is 0.144 e. The third-order valence-electron chi connectivity index (χ3n) is 6.42. The number of hydrogen-bond acceptors (Lipinski definition) is 7. The zero-order valence-corrected chi connectivity index (χ0v) is 21.1. The predicted octanol–water partition coefficient (Wildman–Crippen LogP) is 4.37. The number of piperazine rings is 1. The number of nitrogens with zero attached hydrogens (tertiary/aromatic N) is 4. The number of pyridine rings is 2. The van der Waals surface area contributed by atoms with Crippen molar-refractivity contribution in [3.05, 3.63) is 70.6 Å². The van der Waals surface area contributed by atoms with Crippen LogP contribution in [-0.2, 0) is 0 Å². The van der Waals surface area contributed by atoms with Gasteiger partial charge in [0.2, 0.25) is 0 Å². The summed E-state index contributed by atoms with van der Waals surface area (Å²) in [7, 11) is 0. The molecule has 0 spiro atoms. The molecule has 0 radical (unpaired) electrons. The van der Waals surface area contributed by atoms with Crippen molar-refractivity contribution in [2.24, 2.45) is 5.73 Å². The summed E-state index contributed by atoms with van der Waals surface area (Å²) in [5, 5.41) is 11.6. The van der Waals surface area contributed by atoms with Crippen LogP contribution in [-0.4, -0.2) is 70.8 Å². The number of fused-ring (bicyclic) bond motifs is 1. The average molecular weight is 514 g/mol. The molecule has 0 atom stereocenters. The van der Waals surface area contributed by atoms with Gasteiger partial charge in [0.05, 0.1) is 39.3 Å². The van der Waals surface area contributed by atoms with E-state index in [4.69, 9.17) is 22.7 Å². The van der Waals surface area contributed by atoms with Crippen LogP contribution >= 0.6 is 11.6 Å². The largest absolute Gasteiger partial charge is 0.404 e. The molecule has 0 aliphatic carbocycles. The van der Waals surface area contributed by atoms with E-state index in [-0.39, 0.29) is 21.9 Å².